The van der Waals surface area contributed by atoms with E-state index >= 15 is 0 Å². The molecule has 6 heteroatoms. The average molecular weight is 316 g/mol. The number of hydrogen-bond donors (Lipinski definition) is 2. The lowest BCUT2D eigenvalue weighted by Crippen LogP contribution is -2.36. The van der Waals surface area contributed by atoms with Gasteiger partial charge in [0, 0.05) is 24.8 Å². The van der Waals surface area contributed by atoms with Gasteiger partial charge in [-0.3, -0.25) is 4.79 Å². The lowest BCUT2D eigenvalue weighted by atomic mass is 10.2. The number of rotatable bonds is 6. The molecule has 1 amide bonds. The first-order chi connectivity index (χ1) is 11.1. The molecule has 1 aromatic carbocycles. The maximum Gasteiger partial charge on any atom is 0.332 e. The molecular weight excluding hydrogens is 296 g/mol. The van der Waals surface area contributed by atoms with Crippen molar-refractivity contribution in [1.29, 1.82) is 0 Å². The topological polar surface area (TPSA) is 80.6 Å². The van der Waals surface area contributed by atoms with Gasteiger partial charge in [-0.05, 0) is 36.8 Å². The second kappa shape index (κ2) is 6.83. The summed E-state index contributed by atoms with van der Waals surface area (Å²) in [7, 11) is 0. The Morgan fingerprint density at radius 2 is 2.00 bits per heavy atom. The first-order valence-corrected chi connectivity index (χ1v) is 7.85. The molecule has 3 rings (SSSR count). The van der Waals surface area contributed by atoms with Crippen molar-refractivity contribution in [2.24, 2.45) is 0 Å². The highest BCUT2D eigenvalue weighted by Crippen LogP contribution is 2.20. The summed E-state index contributed by atoms with van der Waals surface area (Å²) < 4.78 is 7.39. The number of carboxylic acids is 1. The Morgan fingerprint density at radius 1 is 1.22 bits per heavy atom. The Morgan fingerprint density at radius 3 is 2.78 bits per heavy atom. The van der Waals surface area contributed by atoms with E-state index < -0.39 is 18.2 Å². The molecular formula is C17H20N2O4. The molecule has 23 heavy (non-hydrogen) atoms. The molecule has 0 bridgehead atoms. The smallest absolute Gasteiger partial charge is 0.332 e. The zero-order chi connectivity index (χ0) is 16.2. The van der Waals surface area contributed by atoms with Gasteiger partial charge in [0.2, 0.25) is 5.91 Å². The van der Waals surface area contributed by atoms with E-state index in [2.05, 4.69) is 28.1 Å². The highest BCUT2D eigenvalue weighted by atomic mass is 16.5. The summed E-state index contributed by atoms with van der Waals surface area (Å²) in [4.78, 5) is 22.8. The number of carbonyl (C=O) groups is 2. The van der Waals surface area contributed by atoms with Crippen LogP contribution < -0.4 is 5.32 Å². The van der Waals surface area contributed by atoms with E-state index in [1.165, 1.54) is 10.9 Å². The maximum atomic E-state index is 12.0. The van der Waals surface area contributed by atoms with Gasteiger partial charge in [-0.25, -0.2) is 4.79 Å². The monoisotopic (exact) mass is 316 g/mol. The van der Waals surface area contributed by atoms with Crippen LogP contribution in [-0.2, 0) is 20.9 Å². The van der Waals surface area contributed by atoms with Crippen molar-refractivity contribution in [1.82, 2.24) is 9.88 Å². The summed E-state index contributed by atoms with van der Waals surface area (Å²) >= 11 is 0. The first kappa shape index (κ1) is 15.6. The second-order valence-electron chi connectivity index (χ2n) is 5.74. The zero-order valence-corrected chi connectivity index (χ0v) is 12.8. The van der Waals surface area contributed by atoms with Gasteiger partial charge >= 0.3 is 5.97 Å². The van der Waals surface area contributed by atoms with Gasteiger partial charge in [0.1, 0.15) is 6.10 Å². The van der Waals surface area contributed by atoms with Gasteiger partial charge in [0.05, 0.1) is 0 Å². The number of carbonyl (C=O) groups excluding carboxylic acids is 1. The van der Waals surface area contributed by atoms with Crippen molar-refractivity contribution in [3.63, 3.8) is 0 Å². The number of benzene rings is 1. The molecule has 2 atom stereocenters. The van der Waals surface area contributed by atoms with Crippen LogP contribution >= 0.6 is 0 Å². The van der Waals surface area contributed by atoms with Crippen LogP contribution in [0.4, 0.5) is 0 Å². The fourth-order valence-electron chi connectivity index (χ4n) is 2.92. The van der Waals surface area contributed by atoms with Crippen LogP contribution in [0.3, 0.4) is 0 Å². The van der Waals surface area contributed by atoms with E-state index in [1.807, 2.05) is 18.3 Å². The number of aliphatic carboxylic acids is 1. The second-order valence-corrected chi connectivity index (χ2v) is 5.74. The number of amides is 1. The number of carboxylic acid groups (broad SMARTS) is 1. The normalized spacial score (nSPS) is 20.7. The third-order valence-corrected chi connectivity index (χ3v) is 4.14. The van der Waals surface area contributed by atoms with Crippen LogP contribution in [0.1, 0.15) is 19.3 Å². The summed E-state index contributed by atoms with van der Waals surface area (Å²) in [5.74, 6) is -1.22. The number of fused-ring (bicyclic) bond motifs is 1. The average Bonchev–Trinajstić information content (AvgIpc) is 3.19. The minimum absolute atomic E-state index is 0.217. The molecule has 1 aliphatic rings. The van der Waals surface area contributed by atoms with Crippen molar-refractivity contribution in [3.8, 4) is 0 Å². The van der Waals surface area contributed by atoms with E-state index in [0.29, 0.717) is 19.4 Å². The molecule has 0 spiro atoms. The first-order valence-electron chi connectivity index (χ1n) is 7.85. The number of nitrogens with one attached hydrogen (secondary N) is 1. The van der Waals surface area contributed by atoms with E-state index in [-0.39, 0.29) is 5.91 Å². The molecule has 0 unspecified atom stereocenters. The summed E-state index contributed by atoms with van der Waals surface area (Å²) in [6, 6.07) is 10.2. The summed E-state index contributed by atoms with van der Waals surface area (Å²) in [6.45, 7) is 1.36. The van der Waals surface area contributed by atoms with Crippen LogP contribution in [0.5, 0.6) is 0 Å². The van der Waals surface area contributed by atoms with Gasteiger partial charge in [-0.1, -0.05) is 18.2 Å². The Kier molecular flexibility index (Phi) is 4.62. The van der Waals surface area contributed by atoms with E-state index in [0.717, 1.165) is 13.0 Å². The highest BCUT2D eigenvalue weighted by Gasteiger charge is 2.34. The lowest BCUT2D eigenvalue weighted by Gasteiger charge is -2.12. The summed E-state index contributed by atoms with van der Waals surface area (Å²) in [5, 5.41) is 12.9. The maximum absolute atomic E-state index is 12.0. The Hall–Kier alpha value is -2.34. The van der Waals surface area contributed by atoms with Crippen LogP contribution in [0.15, 0.2) is 36.5 Å². The van der Waals surface area contributed by atoms with Crippen molar-refractivity contribution >= 4 is 22.8 Å². The van der Waals surface area contributed by atoms with Gasteiger partial charge in [0.25, 0.3) is 0 Å². The molecule has 122 valence electrons. The summed E-state index contributed by atoms with van der Waals surface area (Å²) in [6.07, 6.45) is 2.22. The quantitative estimate of drug-likeness (QED) is 0.796. The molecule has 2 heterocycles. The number of aryl methyl sites for hydroxylation is 1. The molecule has 1 fully saturated rings. The van der Waals surface area contributed by atoms with Crippen molar-refractivity contribution in [2.45, 2.75) is 38.0 Å². The molecule has 1 aromatic heterocycles. The molecule has 2 N–H and O–H groups in total. The van der Waals surface area contributed by atoms with E-state index in [1.54, 1.807) is 0 Å². The molecule has 2 aromatic rings. The van der Waals surface area contributed by atoms with E-state index in [9.17, 15) is 9.59 Å². The van der Waals surface area contributed by atoms with Crippen molar-refractivity contribution in [3.05, 3.63) is 36.5 Å². The van der Waals surface area contributed by atoms with E-state index in [4.69, 9.17) is 9.84 Å². The van der Waals surface area contributed by atoms with Crippen LogP contribution in [0.25, 0.3) is 10.9 Å². The van der Waals surface area contributed by atoms with Crippen LogP contribution in [0.2, 0.25) is 0 Å². The van der Waals surface area contributed by atoms with Gasteiger partial charge in [-0.2, -0.15) is 0 Å². The third kappa shape index (κ3) is 3.53. The third-order valence-electron chi connectivity index (χ3n) is 4.14. The highest BCUT2D eigenvalue weighted by molar-refractivity contribution is 5.82. The Balaban J connectivity index is 1.43. The predicted octanol–water partition coefficient (Wildman–Crippen LogP) is 1.78. The van der Waals surface area contributed by atoms with Gasteiger partial charge in [0.15, 0.2) is 6.10 Å². The SMILES string of the molecule is O=C(NCCCn1ccc2ccccc21)[C@@H]1CC[C@H](C(=O)O)O1. The largest absolute Gasteiger partial charge is 0.479 e. The van der Waals surface area contributed by atoms with Gasteiger partial charge in [-0.15, -0.1) is 0 Å². The molecule has 1 aliphatic heterocycles. The Labute approximate surface area is 134 Å². The van der Waals surface area contributed by atoms with Crippen LogP contribution in [0, 0.1) is 0 Å². The molecule has 1 saturated heterocycles. The minimum Gasteiger partial charge on any atom is -0.479 e. The summed E-state index contributed by atoms with van der Waals surface area (Å²) in [5.41, 5.74) is 1.18. The zero-order valence-electron chi connectivity index (χ0n) is 12.8. The lowest BCUT2D eigenvalue weighted by molar-refractivity contribution is -0.151. The number of hydrogen-bond acceptors (Lipinski definition) is 3. The van der Waals surface area contributed by atoms with Crippen molar-refractivity contribution in [2.75, 3.05) is 6.54 Å². The van der Waals surface area contributed by atoms with Crippen molar-refractivity contribution < 1.29 is 19.4 Å². The fraction of sp³-hybridized carbons (Fsp3) is 0.412. The number of nitrogens with zero attached hydrogens (tertiary/aromatic N) is 1. The number of ether oxygens (including phenoxy) is 1. The molecule has 0 aliphatic carbocycles. The van der Waals surface area contributed by atoms with Gasteiger partial charge < -0.3 is 19.7 Å². The standard InChI is InChI=1S/C17H20N2O4/c20-16(14-6-7-15(23-14)17(21)22)18-9-3-10-19-11-8-12-4-1-2-5-13(12)19/h1-2,4-5,8,11,14-15H,3,6-7,9-10H2,(H,18,20)(H,21,22)/t14-,15+/m0/s1. The molecule has 0 saturated carbocycles. The minimum atomic E-state index is -1.00. The number of aromatic nitrogens is 1. The molecule has 6 nitrogen and oxygen atoms in total. The predicted molar refractivity (Wildman–Crippen MR) is 85.1 cm³/mol. The Bertz CT molecular complexity index is 709. The molecule has 0 radical (unpaired) electrons. The van der Waals surface area contributed by atoms with Crippen LogP contribution in [-0.4, -0.2) is 40.3 Å². The fourth-order valence-corrected chi connectivity index (χ4v) is 2.92. The number of para-hydroxylation sites is 1.